The van der Waals surface area contributed by atoms with E-state index in [1.807, 2.05) is 0 Å². The number of carbonyl (C=O) groups excluding carboxylic acids is 3. The average molecular weight is 863 g/mol. The number of nitro benzene ring substituents is 2. The molecule has 0 spiro atoms. The number of methoxy groups -OCH3 is 2. The van der Waals surface area contributed by atoms with Crippen LogP contribution >= 0.6 is 12.4 Å². The molecule has 0 aliphatic carbocycles. The number of nitrogens with one attached hydrogen (secondary N) is 1. The van der Waals surface area contributed by atoms with Gasteiger partial charge in [0.05, 0.1) is 46.3 Å². The van der Waals surface area contributed by atoms with Crippen LogP contribution in [-0.4, -0.2) is 65.1 Å². The Hall–Kier alpha value is -6.61. The summed E-state index contributed by atoms with van der Waals surface area (Å²) in [5.74, 6) is -4.03. The van der Waals surface area contributed by atoms with Gasteiger partial charge in [-0.05, 0) is 41.8 Å². The molecule has 4 N–H and O–H groups in total. The summed E-state index contributed by atoms with van der Waals surface area (Å²) in [4.78, 5) is 65.7. The Kier molecular flexibility index (Phi) is 20.9. The average Bonchev–Trinajstić information content (AvgIpc) is 3.17. The first kappa shape index (κ1) is 52.4. The summed E-state index contributed by atoms with van der Waals surface area (Å²) in [5, 5.41) is 31.7. The van der Waals surface area contributed by atoms with Crippen molar-refractivity contribution in [1.82, 2.24) is 5.32 Å². The van der Waals surface area contributed by atoms with E-state index in [0.717, 1.165) is 49.1 Å². The van der Waals surface area contributed by atoms with E-state index in [1.54, 1.807) is 12.1 Å². The minimum absolute atomic E-state index is 0. The Morgan fingerprint density at radius 3 is 1.41 bits per heavy atom. The first-order valence-electron chi connectivity index (χ1n) is 15.8. The highest BCUT2D eigenvalue weighted by Crippen LogP contribution is 2.33. The Morgan fingerprint density at radius 1 is 0.678 bits per heavy atom. The largest absolute Gasteiger partial charge is 0.478 e. The predicted octanol–water partition coefficient (Wildman–Crippen LogP) is 7.23. The van der Waals surface area contributed by atoms with Gasteiger partial charge in [0.2, 0.25) is 0 Å². The van der Waals surface area contributed by atoms with Gasteiger partial charge in [0, 0.05) is 30.7 Å². The molecule has 4 aromatic carbocycles. The smallest absolute Gasteiger partial charge is 0.417 e. The molecule has 0 aromatic heterocycles. The first-order chi connectivity index (χ1) is 26.6. The maximum absolute atomic E-state index is 13.1. The minimum Gasteiger partial charge on any atom is -0.478 e. The Bertz CT molecular complexity index is 2050. The molecule has 0 fully saturated rings. The van der Waals surface area contributed by atoms with Gasteiger partial charge >= 0.3 is 30.3 Å². The van der Waals surface area contributed by atoms with E-state index in [0.29, 0.717) is 12.0 Å². The Labute approximate surface area is 337 Å². The number of non-ortho nitro benzene ring substituents is 2. The summed E-state index contributed by atoms with van der Waals surface area (Å²) in [6, 6.07) is 17.3. The lowest BCUT2D eigenvalue weighted by molar-refractivity contribution is -0.385. The van der Waals surface area contributed by atoms with Crippen LogP contribution in [0, 0.1) is 20.2 Å². The molecule has 15 nitrogen and oxygen atoms in total. The van der Waals surface area contributed by atoms with Crippen LogP contribution in [0.2, 0.25) is 0 Å². The van der Waals surface area contributed by atoms with Crippen LogP contribution in [-0.2, 0) is 44.3 Å². The van der Waals surface area contributed by atoms with Gasteiger partial charge in [-0.15, -0.1) is 12.4 Å². The molecule has 0 heterocycles. The fourth-order valence-electron chi connectivity index (χ4n) is 4.65. The number of carbonyl (C=O) groups is 4. The molecule has 0 saturated heterocycles. The van der Waals surface area contributed by atoms with E-state index in [1.165, 1.54) is 55.6 Å². The molecule has 1 amide bonds. The predicted molar refractivity (Wildman–Crippen MR) is 201 cm³/mol. The first-order valence-corrected chi connectivity index (χ1v) is 15.8. The zero-order valence-corrected chi connectivity index (χ0v) is 30.8. The van der Waals surface area contributed by atoms with Crippen LogP contribution in [0.4, 0.5) is 37.7 Å². The molecule has 0 saturated carbocycles. The highest BCUT2D eigenvalue weighted by molar-refractivity contribution is 5.98. The van der Waals surface area contributed by atoms with Crippen LogP contribution in [0.1, 0.15) is 50.4 Å². The number of ether oxygens (including phenoxy) is 2. The molecular formula is C37H37ClF6N4O11. The Morgan fingerprint density at radius 2 is 1.05 bits per heavy atom. The van der Waals surface area contributed by atoms with Gasteiger partial charge in [-0.2, -0.15) is 26.3 Å². The van der Waals surface area contributed by atoms with Crippen LogP contribution in [0.25, 0.3) is 0 Å². The van der Waals surface area contributed by atoms with Crippen molar-refractivity contribution in [2.24, 2.45) is 5.73 Å². The van der Waals surface area contributed by atoms with Crippen molar-refractivity contribution >= 4 is 47.6 Å². The fourth-order valence-corrected chi connectivity index (χ4v) is 4.65. The maximum Gasteiger partial charge on any atom is 0.417 e. The van der Waals surface area contributed by atoms with E-state index in [2.05, 4.69) is 14.8 Å². The van der Waals surface area contributed by atoms with Crippen molar-refractivity contribution in [1.29, 1.82) is 0 Å². The van der Waals surface area contributed by atoms with Crippen LogP contribution in [0.5, 0.6) is 0 Å². The van der Waals surface area contributed by atoms with Crippen molar-refractivity contribution in [2.75, 3.05) is 14.2 Å². The number of carboxylic acid groups (broad SMARTS) is 1. The number of hydrogen-bond donors (Lipinski definition) is 3. The van der Waals surface area contributed by atoms with Crippen LogP contribution < -0.4 is 11.1 Å². The second kappa shape index (κ2) is 23.6. The SMILES string of the molecule is C.COC(=O)C(Cc1ccc([N+](=O)[O-])cc1)NC(=O)c1ccccc1C(F)(F)F.COC(=O)C(N)Cc1ccc([N+](=O)[O-])cc1.Cl.O=C(O)c1ccccc1C(F)(F)F. The number of carboxylic acids is 1. The second-order valence-corrected chi connectivity index (χ2v) is 11.3. The number of nitrogens with zero attached hydrogens (tertiary/aromatic N) is 2. The molecule has 0 aliphatic heterocycles. The van der Waals surface area contributed by atoms with Crippen LogP contribution in [0.15, 0.2) is 97.1 Å². The summed E-state index contributed by atoms with van der Waals surface area (Å²) in [6.45, 7) is 0. The van der Waals surface area contributed by atoms with Crippen LogP contribution in [0.3, 0.4) is 0 Å². The maximum atomic E-state index is 13.1. The molecular weight excluding hydrogens is 826 g/mol. The van der Waals surface area contributed by atoms with Gasteiger partial charge in [-0.1, -0.05) is 56.0 Å². The number of nitrogens with two attached hydrogens (primary N) is 1. The zero-order chi connectivity index (χ0) is 43.1. The van der Waals surface area contributed by atoms with E-state index in [-0.39, 0.29) is 37.6 Å². The number of nitro groups is 2. The molecule has 320 valence electrons. The van der Waals surface area contributed by atoms with E-state index < -0.39 is 80.4 Å². The monoisotopic (exact) mass is 862 g/mol. The lowest BCUT2D eigenvalue weighted by Gasteiger charge is -2.18. The van der Waals surface area contributed by atoms with Gasteiger partial charge in [0.25, 0.3) is 17.3 Å². The minimum atomic E-state index is -4.74. The number of esters is 2. The summed E-state index contributed by atoms with van der Waals surface area (Å²) >= 11 is 0. The molecule has 0 bridgehead atoms. The van der Waals surface area contributed by atoms with Crippen molar-refractivity contribution in [3.8, 4) is 0 Å². The van der Waals surface area contributed by atoms with Gasteiger partial charge in [0.15, 0.2) is 0 Å². The lowest BCUT2D eigenvalue weighted by atomic mass is 10.0. The van der Waals surface area contributed by atoms with E-state index in [4.69, 9.17) is 10.8 Å². The molecule has 2 unspecified atom stereocenters. The third-order valence-electron chi connectivity index (χ3n) is 7.42. The van der Waals surface area contributed by atoms with Gasteiger partial charge in [-0.3, -0.25) is 29.8 Å². The summed E-state index contributed by atoms with van der Waals surface area (Å²) < 4.78 is 84.8. The van der Waals surface area contributed by atoms with E-state index in [9.17, 15) is 65.7 Å². The number of benzene rings is 4. The number of amides is 1. The Balaban J connectivity index is 0.000000922. The molecule has 0 radical (unpaired) electrons. The number of aromatic carboxylic acids is 1. The number of alkyl halides is 6. The summed E-state index contributed by atoms with van der Waals surface area (Å²) in [5.41, 5.74) is 2.98. The molecule has 4 rings (SSSR count). The standard InChI is InChI=1S/C18H15F3N2O5.C10H12N2O4.C8H5F3O2.CH4.ClH/c1-28-17(25)15(10-11-6-8-12(9-7-11)23(26)27)22-16(24)13-4-2-3-5-14(13)18(19,20)21;1-16-10(13)9(11)6-7-2-4-8(5-3-7)12(14)15;9-8(10,11)6-4-2-1-3-5(6)7(12)13;;/h2-9,15H,10H2,1H3,(H,22,24);2-5,9H,6,11H2,1H3;1-4H,(H,12,13);1H4;1H. The third kappa shape index (κ3) is 16.4. The molecule has 0 aliphatic rings. The van der Waals surface area contributed by atoms with Gasteiger partial charge < -0.3 is 25.6 Å². The van der Waals surface area contributed by atoms with Crippen molar-refractivity contribution in [2.45, 2.75) is 44.7 Å². The molecule has 2 atom stereocenters. The van der Waals surface area contributed by atoms with Crippen molar-refractivity contribution < 1.29 is 69.9 Å². The zero-order valence-electron chi connectivity index (χ0n) is 30.0. The van der Waals surface area contributed by atoms with Crippen molar-refractivity contribution in [3.05, 3.63) is 151 Å². The third-order valence-corrected chi connectivity index (χ3v) is 7.42. The van der Waals surface area contributed by atoms with Gasteiger partial charge in [0.1, 0.15) is 12.1 Å². The number of halogens is 7. The molecule has 4 aromatic rings. The normalized spacial score (nSPS) is 11.5. The van der Waals surface area contributed by atoms with Gasteiger partial charge in [-0.25, -0.2) is 9.59 Å². The fraction of sp³-hybridized carbons (Fsp3) is 0.243. The van der Waals surface area contributed by atoms with E-state index >= 15 is 0 Å². The highest BCUT2D eigenvalue weighted by atomic mass is 35.5. The molecule has 22 heteroatoms. The summed E-state index contributed by atoms with van der Waals surface area (Å²) in [6.07, 6.45) is -9.18. The molecule has 59 heavy (non-hydrogen) atoms. The lowest BCUT2D eigenvalue weighted by Crippen LogP contribution is -2.43. The number of hydrogen-bond acceptors (Lipinski definition) is 11. The summed E-state index contributed by atoms with van der Waals surface area (Å²) in [7, 11) is 2.33. The quantitative estimate of drug-likeness (QED) is 0.0587. The second-order valence-electron chi connectivity index (χ2n) is 11.3. The topological polar surface area (TPSA) is 231 Å². The van der Waals surface area contributed by atoms with Crippen molar-refractivity contribution in [3.63, 3.8) is 0 Å². The highest BCUT2D eigenvalue weighted by Gasteiger charge is 2.36. The number of rotatable bonds is 11.